The van der Waals surface area contributed by atoms with Crippen LogP contribution in [0, 0.1) is 0 Å². The van der Waals surface area contributed by atoms with E-state index in [0.717, 1.165) is 0 Å². The van der Waals surface area contributed by atoms with Crippen molar-refractivity contribution in [2.45, 2.75) is 31.8 Å². The van der Waals surface area contributed by atoms with Gasteiger partial charge >= 0.3 is 0 Å². The van der Waals surface area contributed by atoms with Gasteiger partial charge in [0.2, 0.25) is 5.55 Å². The van der Waals surface area contributed by atoms with Gasteiger partial charge in [0, 0.05) is 0 Å². The Balaban J connectivity index is 2.14. The summed E-state index contributed by atoms with van der Waals surface area (Å²) in [7, 11) is 0. The van der Waals surface area contributed by atoms with E-state index in [0.29, 0.717) is 6.10 Å². The summed E-state index contributed by atoms with van der Waals surface area (Å²) in [4.78, 5) is 0. The van der Waals surface area contributed by atoms with Crippen LogP contribution in [0.2, 0.25) is 0 Å². The Labute approximate surface area is 55.0 Å². The highest BCUT2D eigenvalue weighted by molar-refractivity contribution is 7.78. The molecule has 0 bridgehead atoms. The molecule has 8 heavy (non-hydrogen) atoms. The average molecular weight is 129 g/mol. The van der Waals surface area contributed by atoms with Crippen LogP contribution >= 0.6 is 12.2 Å². The van der Waals surface area contributed by atoms with Gasteiger partial charge in [0.1, 0.15) is 0 Å². The summed E-state index contributed by atoms with van der Waals surface area (Å²) in [5, 5.41) is 0. The molecule has 0 aromatic rings. The van der Waals surface area contributed by atoms with Gasteiger partial charge in [-0.05, 0) is 37.9 Å². The zero-order valence-electron chi connectivity index (χ0n) is 4.72. The van der Waals surface area contributed by atoms with E-state index in [1.807, 2.05) is 0 Å². The van der Waals surface area contributed by atoms with Crippen LogP contribution < -0.4 is 0 Å². The Kier molecular flexibility index (Phi) is 2.27. The van der Waals surface area contributed by atoms with Crippen LogP contribution in [0.3, 0.4) is 0 Å². The second-order valence-corrected chi connectivity index (χ2v) is 2.27. The first kappa shape index (κ1) is 6.02. The van der Waals surface area contributed by atoms with Gasteiger partial charge in [-0.1, -0.05) is 0 Å². The lowest BCUT2D eigenvalue weighted by Crippen LogP contribution is -2.03. The molecule has 0 atom stereocenters. The van der Waals surface area contributed by atoms with Crippen LogP contribution in [0.4, 0.5) is 0 Å². The second-order valence-electron chi connectivity index (χ2n) is 2.11. The molecule has 0 N–H and O–H groups in total. The summed E-state index contributed by atoms with van der Waals surface area (Å²) >= 11 is 4.42. The first-order valence-electron chi connectivity index (χ1n) is 2.96. The Morgan fingerprint density at radius 3 is 2.50 bits per heavy atom. The predicted octanol–water partition coefficient (Wildman–Crippen LogP) is 1.78. The van der Waals surface area contributed by atoms with Crippen molar-refractivity contribution in [2.24, 2.45) is 0 Å². The van der Waals surface area contributed by atoms with Crippen molar-refractivity contribution in [1.82, 2.24) is 0 Å². The highest BCUT2D eigenvalue weighted by Crippen LogP contribution is 2.19. The zero-order chi connectivity index (χ0) is 5.82. The molecule has 1 aliphatic rings. The van der Waals surface area contributed by atoms with Gasteiger partial charge in [-0.2, -0.15) is 0 Å². The van der Waals surface area contributed by atoms with E-state index in [1.54, 1.807) is 0 Å². The van der Waals surface area contributed by atoms with Crippen molar-refractivity contribution >= 4 is 17.8 Å². The van der Waals surface area contributed by atoms with E-state index in [1.165, 1.54) is 25.7 Å². The largest absolute Gasteiger partial charge is 0.477 e. The molecule has 1 aliphatic carbocycles. The Morgan fingerprint density at radius 2 is 2.00 bits per heavy atom. The summed E-state index contributed by atoms with van der Waals surface area (Å²) in [6.45, 7) is 0. The average Bonchev–Trinajstić information content (AvgIpc) is 2.19. The van der Waals surface area contributed by atoms with Crippen molar-refractivity contribution in [3.8, 4) is 0 Å². The molecule has 45 valence electrons. The SMILES string of the molecule is S=[C]OC1CCCC1. The lowest BCUT2D eigenvalue weighted by atomic mass is 10.3. The van der Waals surface area contributed by atoms with E-state index in [-0.39, 0.29) is 0 Å². The van der Waals surface area contributed by atoms with Gasteiger partial charge in [0.05, 0.1) is 6.10 Å². The maximum absolute atomic E-state index is 4.97. The second kappa shape index (κ2) is 3.02. The predicted molar refractivity (Wildman–Crippen MR) is 35.9 cm³/mol. The number of hydrogen-bond acceptors (Lipinski definition) is 2. The molecule has 1 saturated carbocycles. The molecule has 0 aromatic carbocycles. The highest BCUT2D eigenvalue weighted by Gasteiger charge is 2.14. The Hall–Kier alpha value is -0.110. The monoisotopic (exact) mass is 129 g/mol. The summed E-state index contributed by atoms with van der Waals surface area (Å²) in [5.41, 5.74) is 2.29. The van der Waals surface area contributed by atoms with Gasteiger partial charge in [0.25, 0.3) is 0 Å². The number of ether oxygens (including phenoxy) is 1. The molecule has 2 heteroatoms. The minimum Gasteiger partial charge on any atom is -0.477 e. The van der Waals surface area contributed by atoms with Crippen molar-refractivity contribution in [3.63, 3.8) is 0 Å². The van der Waals surface area contributed by atoms with Crippen molar-refractivity contribution in [1.29, 1.82) is 0 Å². The summed E-state index contributed by atoms with van der Waals surface area (Å²) < 4.78 is 4.97. The third-order valence-electron chi connectivity index (χ3n) is 1.52. The topological polar surface area (TPSA) is 9.23 Å². The third-order valence-corrected chi connectivity index (χ3v) is 1.61. The standard InChI is InChI=1S/C6H9OS/c8-5-7-6-3-1-2-4-6/h6H,1-4H2. The summed E-state index contributed by atoms with van der Waals surface area (Å²) in [6, 6.07) is 0. The zero-order valence-corrected chi connectivity index (χ0v) is 5.54. The van der Waals surface area contributed by atoms with Crippen molar-refractivity contribution < 1.29 is 4.74 Å². The van der Waals surface area contributed by atoms with Gasteiger partial charge < -0.3 is 4.74 Å². The maximum Gasteiger partial charge on any atom is 0.239 e. The molecule has 1 radical (unpaired) electrons. The molecular weight excluding hydrogens is 120 g/mol. The van der Waals surface area contributed by atoms with Crippen LogP contribution in [0.5, 0.6) is 0 Å². The van der Waals surface area contributed by atoms with Crippen LogP contribution in [0.1, 0.15) is 25.7 Å². The number of rotatable bonds is 2. The molecule has 0 unspecified atom stereocenters. The third kappa shape index (κ3) is 1.44. The Morgan fingerprint density at radius 1 is 1.38 bits per heavy atom. The fourth-order valence-electron chi connectivity index (χ4n) is 1.07. The van der Waals surface area contributed by atoms with E-state index in [4.69, 9.17) is 4.74 Å². The van der Waals surface area contributed by atoms with E-state index in [2.05, 4.69) is 17.8 Å². The van der Waals surface area contributed by atoms with Crippen LogP contribution in [0.15, 0.2) is 0 Å². The molecule has 0 heterocycles. The first-order valence-corrected chi connectivity index (χ1v) is 3.37. The minimum atomic E-state index is 0.396. The molecule has 1 nitrogen and oxygen atoms in total. The summed E-state index contributed by atoms with van der Waals surface area (Å²) in [6.07, 6.45) is 5.32. The Bertz CT molecular complexity index is 76.6. The van der Waals surface area contributed by atoms with Gasteiger partial charge in [-0.15, -0.1) is 0 Å². The fraction of sp³-hybridized carbons (Fsp3) is 0.833. The molecule has 0 amide bonds. The molecule has 1 rings (SSSR count). The van der Waals surface area contributed by atoms with E-state index < -0.39 is 0 Å². The quantitative estimate of drug-likeness (QED) is 0.525. The van der Waals surface area contributed by atoms with Gasteiger partial charge in [-0.3, -0.25) is 0 Å². The summed E-state index contributed by atoms with van der Waals surface area (Å²) in [5.74, 6) is 0. The van der Waals surface area contributed by atoms with Crippen molar-refractivity contribution in [2.75, 3.05) is 0 Å². The lowest BCUT2D eigenvalue weighted by molar-refractivity contribution is 0.213. The van der Waals surface area contributed by atoms with Crippen LogP contribution in [-0.4, -0.2) is 11.7 Å². The fourth-order valence-corrected chi connectivity index (χ4v) is 1.21. The number of hydrogen-bond donors (Lipinski definition) is 0. The molecule has 0 saturated heterocycles. The molecule has 0 spiro atoms. The minimum absolute atomic E-state index is 0.396. The van der Waals surface area contributed by atoms with Crippen molar-refractivity contribution in [3.05, 3.63) is 0 Å². The lowest BCUT2D eigenvalue weighted by Gasteiger charge is -2.03. The molecule has 0 aliphatic heterocycles. The molecule has 0 aromatic heterocycles. The van der Waals surface area contributed by atoms with E-state index >= 15 is 0 Å². The van der Waals surface area contributed by atoms with Crippen LogP contribution in [0.25, 0.3) is 0 Å². The first-order chi connectivity index (χ1) is 3.93. The highest BCUT2D eigenvalue weighted by atomic mass is 32.1. The molecular formula is C6H9OS. The van der Waals surface area contributed by atoms with Crippen LogP contribution in [-0.2, 0) is 4.74 Å². The normalized spacial score (nSPS) is 21.0. The van der Waals surface area contributed by atoms with E-state index in [9.17, 15) is 0 Å². The van der Waals surface area contributed by atoms with Gasteiger partial charge in [0.15, 0.2) is 0 Å². The number of thiocarbonyl (C=S) groups is 1. The van der Waals surface area contributed by atoms with Gasteiger partial charge in [-0.25, -0.2) is 0 Å². The molecule has 1 fully saturated rings. The maximum atomic E-state index is 4.97. The smallest absolute Gasteiger partial charge is 0.239 e.